The number of esters is 1. The molecule has 0 unspecified atom stereocenters. The van der Waals surface area contributed by atoms with E-state index in [0.29, 0.717) is 5.69 Å². The molecule has 0 spiro atoms. The van der Waals surface area contributed by atoms with Gasteiger partial charge in [-0.25, -0.2) is 17.9 Å². The van der Waals surface area contributed by atoms with Crippen molar-refractivity contribution in [2.75, 3.05) is 19.0 Å². The molecule has 2 rings (SSSR count). The predicted molar refractivity (Wildman–Crippen MR) is 118 cm³/mol. The number of methoxy groups -OCH3 is 1. The lowest BCUT2D eigenvalue weighted by Gasteiger charge is -2.21. The third kappa shape index (κ3) is 7.08. The van der Waals surface area contributed by atoms with Crippen molar-refractivity contribution in [1.29, 1.82) is 0 Å². The van der Waals surface area contributed by atoms with Gasteiger partial charge in [0.25, 0.3) is 5.91 Å². The van der Waals surface area contributed by atoms with E-state index >= 15 is 0 Å². The van der Waals surface area contributed by atoms with Gasteiger partial charge in [-0.1, -0.05) is 19.1 Å². The second-order valence-electron chi connectivity index (χ2n) is 7.90. The second kappa shape index (κ2) is 9.93. The van der Waals surface area contributed by atoms with Crippen LogP contribution in [0.25, 0.3) is 0 Å². The maximum Gasteiger partial charge on any atom is 0.338 e. The monoisotopic (exact) mass is 448 g/mol. The number of aryl methyl sites for hydroxylation is 1. The molecule has 0 aliphatic heterocycles. The van der Waals surface area contributed by atoms with Gasteiger partial charge < -0.3 is 14.8 Å². The van der Waals surface area contributed by atoms with E-state index in [2.05, 4.69) is 10.0 Å². The first-order valence-corrected chi connectivity index (χ1v) is 11.2. The Balaban J connectivity index is 2.12. The normalized spacial score (nSPS) is 11.6. The van der Waals surface area contributed by atoms with Crippen molar-refractivity contribution in [3.05, 3.63) is 53.6 Å². The van der Waals surface area contributed by atoms with Gasteiger partial charge in [0, 0.05) is 11.2 Å². The summed E-state index contributed by atoms with van der Waals surface area (Å²) in [5, 5.41) is 2.66. The molecule has 0 heterocycles. The summed E-state index contributed by atoms with van der Waals surface area (Å²) in [4.78, 5) is 24.3. The van der Waals surface area contributed by atoms with E-state index in [-0.39, 0.29) is 16.2 Å². The molecule has 8 nitrogen and oxygen atoms in total. The number of hydrogen-bond donors (Lipinski definition) is 2. The van der Waals surface area contributed by atoms with E-state index in [1.165, 1.54) is 19.2 Å². The topological polar surface area (TPSA) is 111 Å². The minimum absolute atomic E-state index is 0.0177. The first-order chi connectivity index (χ1) is 14.4. The van der Waals surface area contributed by atoms with Crippen molar-refractivity contribution in [3.63, 3.8) is 0 Å². The number of carbonyl (C=O) groups excluding carboxylic acids is 2. The number of carbonyl (C=O) groups is 2. The van der Waals surface area contributed by atoms with E-state index in [0.717, 1.165) is 18.1 Å². The standard InChI is InChI=1S/C22H28N2O6S/c1-6-15-8-7-9-17(12-15)23-20(25)14-30-21(26)16-10-11-18(29-5)19(13-16)31(27,28)24-22(2,3)4/h7-13,24H,6,14H2,1-5H3,(H,23,25). The van der Waals surface area contributed by atoms with Crippen LogP contribution in [0.4, 0.5) is 5.69 Å². The molecule has 0 bridgehead atoms. The third-order valence-corrected chi connectivity index (χ3v) is 5.86. The maximum atomic E-state index is 12.7. The van der Waals surface area contributed by atoms with Crippen LogP contribution in [-0.4, -0.2) is 39.5 Å². The van der Waals surface area contributed by atoms with Gasteiger partial charge in [0.15, 0.2) is 6.61 Å². The van der Waals surface area contributed by atoms with Crippen molar-refractivity contribution in [2.24, 2.45) is 0 Å². The highest BCUT2D eigenvalue weighted by molar-refractivity contribution is 7.89. The molecular formula is C22H28N2O6S. The van der Waals surface area contributed by atoms with Crippen LogP contribution in [0, 0.1) is 0 Å². The first kappa shape index (κ1) is 24.4. The minimum atomic E-state index is -3.96. The van der Waals surface area contributed by atoms with E-state index in [1.54, 1.807) is 26.8 Å². The maximum absolute atomic E-state index is 12.7. The van der Waals surface area contributed by atoms with E-state index < -0.39 is 34.0 Å². The summed E-state index contributed by atoms with van der Waals surface area (Å²) < 4.78 is 38.1. The van der Waals surface area contributed by atoms with Crippen LogP contribution in [0.3, 0.4) is 0 Å². The number of hydrogen-bond acceptors (Lipinski definition) is 6. The van der Waals surface area contributed by atoms with Gasteiger partial charge in [0.05, 0.1) is 12.7 Å². The van der Waals surface area contributed by atoms with Gasteiger partial charge in [0.1, 0.15) is 10.6 Å². The number of anilines is 1. The lowest BCUT2D eigenvalue weighted by Crippen LogP contribution is -2.40. The molecule has 0 atom stereocenters. The summed E-state index contributed by atoms with van der Waals surface area (Å²) in [5.74, 6) is -1.24. The van der Waals surface area contributed by atoms with Crippen molar-refractivity contribution in [1.82, 2.24) is 4.72 Å². The molecule has 2 N–H and O–H groups in total. The Labute approximate surface area is 183 Å². The lowest BCUT2D eigenvalue weighted by atomic mass is 10.1. The molecule has 0 aliphatic rings. The zero-order valence-corrected chi connectivity index (χ0v) is 19.1. The van der Waals surface area contributed by atoms with E-state index in [1.807, 2.05) is 25.1 Å². The average molecular weight is 449 g/mol. The summed E-state index contributed by atoms with van der Waals surface area (Å²) in [5.41, 5.74) is 0.918. The molecule has 0 radical (unpaired) electrons. The number of nitrogens with one attached hydrogen (secondary N) is 2. The molecule has 31 heavy (non-hydrogen) atoms. The Morgan fingerprint density at radius 1 is 1.06 bits per heavy atom. The Morgan fingerprint density at radius 2 is 1.77 bits per heavy atom. The van der Waals surface area contributed by atoms with Crippen molar-refractivity contribution in [3.8, 4) is 5.75 Å². The number of benzene rings is 2. The Bertz CT molecular complexity index is 1060. The first-order valence-electron chi connectivity index (χ1n) is 9.73. The summed E-state index contributed by atoms with van der Waals surface area (Å²) in [6, 6.07) is 11.2. The Hall–Kier alpha value is -2.91. The summed E-state index contributed by atoms with van der Waals surface area (Å²) >= 11 is 0. The van der Waals surface area contributed by atoms with Gasteiger partial charge in [-0.2, -0.15) is 0 Å². The lowest BCUT2D eigenvalue weighted by molar-refractivity contribution is -0.119. The number of rotatable bonds is 8. The van der Waals surface area contributed by atoms with Crippen LogP contribution in [-0.2, 0) is 26.0 Å². The molecule has 1 amide bonds. The largest absolute Gasteiger partial charge is 0.495 e. The second-order valence-corrected chi connectivity index (χ2v) is 9.55. The SMILES string of the molecule is CCc1cccc(NC(=O)COC(=O)c2ccc(OC)c(S(=O)(=O)NC(C)(C)C)c2)c1. The van der Waals surface area contributed by atoms with Crippen molar-refractivity contribution in [2.45, 2.75) is 44.6 Å². The highest BCUT2D eigenvalue weighted by atomic mass is 32.2. The fourth-order valence-corrected chi connectivity index (χ4v) is 4.37. The summed E-state index contributed by atoms with van der Waals surface area (Å²) in [7, 11) is -2.62. The van der Waals surface area contributed by atoms with Crippen LogP contribution >= 0.6 is 0 Å². The highest BCUT2D eigenvalue weighted by Gasteiger charge is 2.26. The van der Waals surface area contributed by atoms with E-state index in [4.69, 9.17) is 9.47 Å². The molecular weight excluding hydrogens is 420 g/mol. The fraction of sp³-hybridized carbons (Fsp3) is 0.364. The summed E-state index contributed by atoms with van der Waals surface area (Å²) in [6.45, 7) is 6.59. The average Bonchev–Trinajstić information content (AvgIpc) is 2.70. The number of amides is 1. The third-order valence-electron chi connectivity index (χ3n) is 4.08. The smallest absolute Gasteiger partial charge is 0.338 e. The van der Waals surface area contributed by atoms with Gasteiger partial charge in [-0.3, -0.25) is 4.79 Å². The molecule has 2 aromatic carbocycles. The van der Waals surface area contributed by atoms with Crippen molar-refractivity contribution >= 4 is 27.6 Å². The van der Waals surface area contributed by atoms with Gasteiger partial charge in [-0.05, 0) is 63.1 Å². The van der Waals surface area contributed by atoms with Crippen LogP contribution in [0.5, 0.6) is 5.75 Å². The quantitative estimate of drug-likeness (QED) is 0.600. The predicted octanol–water partition coefficient (Wildman–Crippen LogP) is 3.13. The van der Waals surface area contributed by atoms with Crippen LogP contribution in [0.15, 0.2) is 47.4 Å². The molecule has 9 heteroatoms. The molecule has 0 saturated heterocycles. The fourth-order valence-electron chi connectivity index (χ4n) is 2.75. The van der Waals surface area contributed by atoms with Crippen LogP contribution in [0.1, 0.15) is 43.6 Å². The Morgan fingerprint density at radius 3 is 2.39 bits per heavy atom. The molecule has 168 valence electrons. The van der Waals surface area contributed by atoms with Crippen molar-refractivity contribution < 1.29 is 27.5 Å². The minimum Gasteiger partial charge on any atom is -0.495 e. The summed E-state index contributed by atoms with van der Waals surface area (Å²) in [6.07, 6.45) is 0.825. The van der Waals surface area contributed by atoms with Gasteiger partial charge in [0.2, 0.25) is 10.0 Å². The zero-order chi connectivity index (χ0) is 23.2. The van der Waals surface area contributed by atoms with E-state index in [9.17, 15) is 18.0 Å². The zero-order valence-electron chi connectivity index (χ0n) is 18.3. The number of ether oxygens (including phenoxy) is 2. The van der Waals surface area contributed by atoms with Gasteiger partial charge in [-0.15, -0.1) is 0 Å². The molecule has 0 aliphatic carbocycles. The van der Waals surface area contributed by atoms with Crippen LogP contribution in [0.2, 0.25) is 0 Å². The van der Waals surface area contributed by atoms with Crippen LogP contribution < -0.4 is 14.8 Å². The Kier molecular flexibility index (Phi) is 7.80. The molecule has 0 aromatic heterocycles. The molecule has 2 aromatic rings. The number of sulfonamides is 1. The molecule has 0 saturated carbocycles. The molecule has 0 fully saturated rings. The highest BCUT2D eigenvalue weighted by Crippen LogP contribution is 2.26. The van der Waals surface area contributed by atoms with Gasteiger partial charge >= 0.3 is 5.97 Å².